The van der Waals surface area contributed by atoms with Crippen molar-refractivity contribution in [3.63, 3.8) is 0 Å². The zero-order valence-corrected chi connectivity index (χ0v) is 12.2. The van der Waals surface area contributed by atoms with Crippen LogP contribution >= 0.6 is 0 Å². The van der Waals surface area contributed by atoms with Crippen LogP contribution in [0.3, 0.4) is 0 Å². The van der Waals surface area contributed by atoms with Crippen molar-refractivity contribution in [3.8, 4) is 0 Å². The molecule has 0 bridgehead atoms. The van der Waals surface area contributed by atoms with Crippen molar-refractivity contribution in [1.29, 1.82) is 0 Å². The molecule has 0 radical (unpaired) electrons. The molecule has 1 aliphatic rings. The van der Waals surface area contributed by atoms with Crippen LogP contribution in [0.25, 0.3) is 0 Å². The van der Waals surface area contributed by atoms with Gasteiger partial charge >= 0.3 is 0 Å². The first-order valence-electron chi connectivity index (χ1n) is 6.72. The Morgan fingerprint density at radius 2 is 2.05 bits per heavy atom. The molecule has 5 heteroatoms. The molecule has 1 aromatic carbocycles. The number of hydrogen-bond donors (Lipinski definition) is 1. The second kappa shape index (κ2) is 4.89. The van der Waals surface area contributed by atoms with E-state index in [1.807, 2.05) is 6.92 Å². The number of carbonyl (C=O) groups excluding carboxylic acids is 2. The first kappa shape index (κ1) is 14.5. The third-order valence-corrected chi connectivity index (χ3v) is 3.99. The summed E-state index contributed by atoms with van der Waals surface area (Å²) >= 11 is 0. The summed E-state index contributed by atoms with van der Waals surface area (Å²) in [4.78, 5) is 26.2. The summed E-state index contributed by atoms with van der Waals surface area (Å²) in [7, 11) is 0. The molecule has 1 N–H and O–H groups in total. The molecule has 4 nitrogen and oxygen atoms in total. The van der Waals surface area contributed by atoms with Gasteiger partial charge in [0.1, 0.15) is 17.4 Å². The van der Waals surface area contributed by atoms with Crippen LogP contribution in [0.4, 0.5) is 10.1 Å². The van der Waals surface area contributed by atoms with Crippen LogP contribution in [-0.2, 0) is 9.59 Å². The Morgan fingerprint density at radius 3 is 2.65 bits per heavy atom. The van der Waals surface area contributed by atoms with E-state index in [4.69, 9.17) is 0 Å². The highest BCUT2D eigenvalue weighted by molar-refractivity contribution is 6.10. The molecule has 0 aliphatic carbocycles. The fraction of sp³-hybridized carbons (Fsp3) is 0.467. The molecule has 1 heterocycles. The van der Waals surface area contributed by atoms with Gasteiger partial charge in [0.15, 0.2) is 0 Å². The zero-order chi connectivity index (χ0) is 15.1. The number of aryl methyl sites for hydroxylation is 1. The summed E-state index contributed by atoms with van der Waals surface area (Å²) < 4.78 is 13.5. The van der Waals surface area contributed by atoms with E-state index in [1.165, 1.54) is 17.0 Å². The highest BCUT2D eigenvalue weighted by Crippen LogP contribution is 2.30. The predicted octanol–water partition coefficient (Wildman–Crippen LogP) is 2.15. The van der Waals surface area contributed by atoms with Gasteiger partial charge in [0.25, 0.3) is 5.91 Å². The lowest BCUT2D eigenvalue weighted by Crippen LogP contribution is -2.68. The van der Waals surface area contributed by atoms with E-state index in [-0.39, 0.29) is 11.8 Å². The van der Waals surface area contributed by atoms with Crippen molar-refractivity contribution >= 4 is 17.5 Å². The quantitative estimate of drug-likeness (QED) is 0.901. The second-order valence-corrected chi connectivity index (χ2v) is 5.46. The minimum atomic E-state index is -0.942. The Kier molecular flexibility index (Phi) is 3.54. The van der Waals surface area contributed by atoms with Crippen LogP contribution < -0.4 is 10.2 Å². The number of carbonyl (C=O) groups is 2. The van der Waals surface area contributed by atoms with E-state index in [9.17, 15) is 14.0 Å². The lowest BCUT2D eigenvalue weighted by Gasteiger charge is -2.43. The maximum absolute atomic E-state index is 13.5. The van der Waals surface area contributed by atoms with Crippen LogP contribution in [0.1, 0.15) is 32.8 Å². The Morgan fingerprint density at radius 1 is 1.40 bits per heavy atom. The van der Waals surface area contributed by atoms with Gasteiger partial charge < -0.3 is 5.32 Å². The van der Waals surface area contributed by atoms with Gasteiger partial charge in [0.05, 0.1) is 5.69 Å². The summed E-state index contributed by atoms with van der Waals surface area (Å²) in [6.07, 6.45) is 0.481. The molecule has 2 unspecified atom stereocenters. The number of amides is 2. The second-order valence-electron chi connectivity index (χ2n) is 5.46. The minimum Gasteiger partial charge on any atom is -0.340 e. The van der Waals surface area contributed by atoms with Crippen molar-refractivity contribution < 1.29 is 14.0 Å². The average molecular weight is 278 g/mol. The Balaban J connectivity index is 2.54. The van der Waals surface area contributed by atoms with Gasteiger partial charge in [0, 0.05) is 0 Å². The fourth-order valence-electron chi connectivity index (χ4n) is 2.39. The monoisotopic (exact) mass is 278 g/mol. The largest absolute Gasteiger partial charge is 0.340 e. The van der Waals surface area contributed by atoms with E-state index in [2.05, 4.69) is 5.32 Å². The number of rotatable bonds is 2. The lowest BCUT2D eigenvalue weighted by atomic mass is 9.91. The summed E-state index contributed by atoms with van der Waals surface area (Å²) in [6, 6.07) is 3.61. The van der Waals surface area contributed by atoms with E-state index in [0.29, 0.717) is 12.1 Å². The molecule has 108 valence electrons. The molecular formula is C15H19FN2O2. The van der Waals surface area contributed by atoms with Gasteiger partial charge in [-0.1, -0.05) is 13.0 Å². The molecule has 1 aliphatic heterocycles. The van der Waals surface area contributed by atoms with Crippen molar-refractivity contribution in [2.75, 3.05) is 4.90 Å². The lowest BCUT2D eigenvalue weighted by molar-refractivity contribution is -0.137. The zero-order valence-electron chi connectivity index (χ0n) is 12.2. The number of nitrogens with one attached hydrogen (secondary N) is 1. The molecule has 20 heavy (non-hydrogen) atoms. The van der Waals surface area contributed by atoms with Gasteiger partial charge in [-0.05, 0) is 44.9 Å². The summed E-state index contributed by atoms with van der Waals surface area (Å²) in [5, 5.41) is 2.75. The summed E-state index contributed by atoms with van der Waals surface area (Å²) in [6.45, 7) is 6.98. The number of anilines is 1. The molecule has 1 fully saturated rings. The molecule has 1 saturated heterocycles. The number of piperazine rings is 1. The molecular weight excluding hydrogens is 259 g/mol. The molecule has 0 saturated carbocycles. The van der Waals surface area contributed by atoms with E-state index >= 15 is 0 Å². The standard InChI is InChI=1S/C15H19FN2O2/c1-5-15(4)14(20)18(10(3)13(19)17-15)12-8-11(16)7-6-9(12)2/h6-8,10H,5H2,1-4H3,(H,17,19). The van der Waals surface area contributed by atoms with Gasteiger partial charge in [-0.25, -0.2) is 4.39 Å². The van der Waals surface area contributed by atoms with Crippen LogP contribution in [0, 0.1) is 12.7 Å². The third-order valence-electron chi connectivity index (χ3n) is 3.99. The van der Waals surface area contributed by atoms with Gasteiger partial charge in [0.2, 0.25) is 5.91 Å². The smallest absolute Gasteiger partial charge is 0.253 e. The molecule has 0 spiro atoms. The van der Waals surface area contributed by atoms with E-state index in [1.54, 1.807) is 26.8 Å². The molecule has 2 atom stereocenters. The highest BCUT2D eigenvalue weighted by Gasteiger charge is 2.46. The highest BCUT2D eigenvalue weighted by atomic mass is 19.1. The number of hydrogen-bond acceptors (Lipinski definition) is 2. The maximum Gasteiger partial charge on any atom is 0.253 e. The first-order valence-corrected chi connectivity index (χ1v) is 6.72. The van der Waals surface area contributed by atoms with E-state index < -0.39 is 17.4 Å². The number of benzene rings is 1. The summed E-state index contributed by atoms with van der Waals surface area (Å²) in [5.74, 6) is -0.854. The van der Waals surface area contributed by atoms with Gasteiger partial charge in [-0.2, -0.15) is 0 Å². The third kappa shape index (κ3) is 2.17. The van der Waals surface area contributed by atoms with Crippen LogP contribution in [0.5, 0.6) is 0 Å². The predicted molar refractivity (Wildman–Crippen MR) is 74.9 cm³/mol. The molecule has 1 aromatic rings. The van der Waals surface area contributed by atoms with Crippen molar-refractivity contribution in [2.45, 2.75) is 45.7 Å². The Labute approximate surface area is 118 Å². The molecule has 2 rings (SSSR count). The van der Waals surface area contributed by atoms with Crippen molar-refractivity contribution in [2.24, 2.45) is 0 Å². The summed E-state index contributed by atoms with van der Waals surface area (Å²) in [5.41, 5.74) is 0.277. The first-order chi connectivity index (χ1) is 9.30. The van der Waals surface area contributed by atoms with Gasteiger partial charge in [-0.3, -0.25) is 14.5 Å². The molecule has 2 amide bonds. The normalized spacial score (nSPS) is 26.6. The van der Waals surface area contributed by atoms with Crippen LogP contribution in [0.2, 0.25) is 0 Å². The number of nitrogens with zero attached hydrogens (tertiary/aromatic N) is 1. The Bertz CT molecular complexity index is 573. The van der Waals surface area contributed by atoms with E-state index in [0.717, 1.165) is 5.56 Å². The fourth-order valence-corrected chi connectivity index (χ4v) is 2.39. The van der Waals surface area contributed by atoms with Crippen molar-refractivity contribution in [3.05, 3.63) is 29.6 Å². The maximum atomic E-state index is 13.5. The minimum absolute atomic E-state index is 0.208. The average Bonchev–Trinajstić information content (AvgIpc) is 2.41. The number of halogens is 1. The van der Waals surface area contributed by atoms with Gasteiger partial charge in [-0.15, -0.1) is 0 Å². The SMILES string of the molecule is CCC1(C)NC(=O)C(C)N(c2cc(F)ccc2C)C1=O. The Hall–Kier alpha value is -1.91. The topological polar surface area (TPSA) is 49.4 Å². The van der Waals surface area contributed by atoms with Crippen molar-refractivity contribution in [1.82, 2.24) is 5.32 Å². The van der Waals surface area contributed by atoms with Crippen LogP contribution in [-0.4, -0.2) is 23.4 Å². The molecule has 0 aromatic heterocycles. The van der Waals surface area contributed by atoms with Crippen LogP contribution in [0.15, 0.2) is 18.2 Å².